The van der Waals surface area contributed by atoms with Gasteiger partial charge in [0.2, 0.25) is 0 Å². The lowest BCUT2D eigenvalue weighted by molar-refractivity contribution is 0.151. The molecule has 5 nitrogen and oxygen atoms in total. The summed E-state index contributed by atoms with van der Waals surface area (Å²) in [7, 11) is 0. The largest absolute Gasteiger partial charge is 0.449 e. The third-order valence-corrected chi connectivity index (χ3v) is 2.10. The van der Waals surface area contributed by atoms with Gasteiger partial charge < -0.3 is 10.5 Å². The number of amides is 1. The number of rotatable bonds is 4. The van der Waals surface area contributed by atoms with Crippen LogP contribution >= 0.6 is 11.3 Å². The monoisotopic (exact) mass is 213 g/mol. The van der Waals surface area contributed by atoms with E-state index in [2.05, 4.69) is 16.9 Å². The van der Waals surface area contributed by atoms with Crippen LogP contribution < -0.4 is 11.1 Å². The van der Waals surface area contributed by atoms with E-state index in [9.17, 15) is 4.79 Å². The van der Waals surface area contributed by atoms with Gasteiger partial charge in [0.25, 0.3) is 0 Å². The Bertz CT molecular complexity index is 324. The van der Waals surface area contributed by atoms with Crippen LogP contribution in [0.4, 0.5) is 9.93 Å². The molecule has 0 unspecified atom stereocenters. The number of carbonyl (C=O) groups is 1. The summed E-state index contributed by atoms with van der Waals surface area (Å²) < 4.78 is 4.80. The van der Waals surface area contributed by atoms with Crippen LogP contribution in [-0.2, 0) is 11.2 Å². The number of hydrogen-bond donors (Lipinski definition) is 2. The molecule has 76 valence electrons. The van der Waals surface area contributed by atoms with Gasteiger partial charge in [-0.1, -0.05) is 6.58 Å². The number of thiazole rings is 1. The first kappa shape index (κ1) is 10.5. The molecule has 0 aliphatic carbocycles. The van der Waals surface area contributed by atoms with Crippen LogP contribution in [0.3, 0.4) is 0 Å². The van der Waals surface area contributed by atoms with Crippen molar-refractivity contribution in [1.82, 2.24) is 10.3 Å². The predicted molar refractivity (Wildman–Crippen MR) is 54.9 cm³/mol. The summed E-state index contributed by atoms with van der Waals surface area (Å²) >= 11 is 1.37. The molecule has 0 aromatic carbocycles. The van der Waals surface area contributed by atoms with Gasteiger partial charge in [0.1, 0.15) is 0 Å². The first-order valence-corrected chi connectivity index (χ1v) is 4.84. The van der Waals surface area contributed by atoms with Gasteiger partial charge in [-0.2, -0.15) is 0 Å². The van der Waals surface area contributed by atoms with Crippen molar-refractivity contribution in [2.45, 2.75) is 6.42 Å². The average Bonchev–Trinajstić information content (AvgIpc) is 2.52. The molecule has 14 heavy (non-hydrogen) atoms. The van der Waals surface area contributed by atoms with Gasteiger partial charge >= 0.3 is 6.09 Å². The Kier molecular flexibility index (Phi) is 3.93. The third kappa shape index (κ3) is 3.44. The molecule has 0 radical (unpaired) electrons. The van der Waals surface area contributed by atoms with Crippen LogP contribution in [0.5, 0.6) is 0 Å². The second kappa shape index (κ2) is 5.23. The molecule has 0 saturated heterocycles. The van der Waals surface area contributed by atoms with Crippen molar-refractivity contribution >= 4 is 22.6 Å². The van der Waals surface area contributed by atoms with Crippen molar-refractivity contribution in [3.05, 3.63) is 23.9 Å². The van der Waals surface area contributed by atoms with Gasteiger partial charge in [-0.3, -0.25) is 5.32 Å². The highest BCUT2D eigenvalue weighted by Gasteiger charge is 2.01. The first-order chi connectivity index (χ1) is 6.72. The van der Waals surface area contributed by atoms with E-state index in [0.29, 0.717) is 11.6 Å². The molecule has 0 aliphatic heterocycles. The third-order valence-electron chi connectivity index (χ3n) is 1.38. The predicted octanol–water partition coefficient (Wildman–Crippen LogP) is 1.14. The molecule has 1 aromatic heterocycles. The van der Waals surface area contributed by atoms with Gasteiger partial charge in [-0.25, -0.2) is 9.78 Å². The van der Waals surface area contributed by atoms with Crippen molar-refractivity contribution < 1.29 is 9.53 Å². The van der Waals surface area contributed by atoms with Gasteiger partial charge in [-0.15, -0.1) is 11.3 Å². The van der Waals surface area contributed by atoms with Gasteiger partial charge in [0.15, 0.2) is 5.13 Å². The van der Waals surface area contributed by atoms with E-state index in [1.165, 1.54) is 17.5 Å². The standard InChI is InChI=1S/C8H11N3O2S/c1-2-10-8(12)13-4-3-6-5-14-7(9)11-6/h2,5H,1,3-4H2,(H2,9,11)(H,10,12). The minimum Gasteiger partial charge on any atom is -0.449 e. The van der Waals surface area contributed by atoms with Crippen LogP contribution in [0.1, 0.15) is 5.69 Å². The second-order valence-corrected chi connectivity index (χ2v) is 3.30. The van der Waals surface area contributed by atoms with Crippen LogP contribution in [0, 0.1) is 0 Å². The van der Waals surface area contributed by atoms with Crippen LogP contribution in [-0.4, -0.2) is 17.7 Å². The molecule has 1 heterocycles. The fourth-order valence-electron chi connectivity index (χ4n) is 0.811. The number of ether oxygens (including phenoxy) is 1. The van der Waals surface area contributed by atoms with Crippen molar-refractivity contribution in [2.75, 3.05) is 12.3 Å². The number of hydrogen-bond acceptors (Lipinski definition) is 5. The highest BCUT2D eigenvalue weighted by atomic mass is 32.1. The molecule has 3 N–H and O–H groups in total. The maximum Gasteiger partial charge on any atom is 0.411 e. The summed E-state index contributed by atoms with van der Waals surface area (Å²) in [6.07, 6.45) is 1.32. The smallest absolute Gasteiger partial charge is 0.411 e. The maximum absolute atomic E-state index is 10.8. The summed E-state index contributed by atoms with van der Waals surface area (Å²) in [5.74, 6) is 0. The van der Waals surface area contributed by atoms with Gasteiger partial charge in [0.05, 0.1) is 12.3 Å². The molecule has 0 atom stereocenters. The zero-order valence-electron chi connectivity index (χ0n) is 7.53. The molecule has 0 fully saturated rings. The topological polar surface area (TPSA) is 77.2 Å². The Morgan fingerprint density at radius 3 is 3.21 bits per heavy atom. The molecule has 1 amide bonds. The zero-order chi connectivity index (χ0) is 10.4. The van der Waals surface area contributed by atoms with Crippen molar-refractivity contribution in [1.29, 1.82) is 0 Å². The van der Waals surface area contributed by atoms with Crippen molar-refractivity contribution in [3.63, 3.8) is 0 Å². The highest BCUT2D eigenvalue weighted by molar-refractivity contribution is 7.13. The van der Waals surface area contributed by atoms with Crippen molar-refractivity contribution in [3.8, 4) is 0 Å². The summed E-state index contributed by atoms with van der Waals surface area (Å²) in [4.78, 5) is 14.8. The zero-order valence-corrected chi connectivity index (χ0v) is 8.34. The van der Waals surface area contributed by atoms with E-state index >= 15 is 0 Å². The molecular weight excluding hydrogens is 202 g/mol. The molecular formula is C8H11N3O2S. The Morgan fingerprint density at radius 1 is 1.86 bits per heavy atom. The van der Waals surface area contributed by atoms with Crippen LogP contribution in [0.15, 0.2) is 18.2 Å². The lowest BCUT2D eigenvalue weighted by atomic mass is 10.4. The number of nitrogens with two attached hydrogens (primary N) is 1. The average molecular weight is 213 g/mol. The van der Waals surface area contributed by atoms with E-state index in [-0.39, 0.29) is 6.61 Å². The second-order valence-electron chi connectivity index (χ2n) is 2.41. The lowest BCUT2D eigenvalue weighted by Gasteiger charge is -2.01. The number of nitrogen functional groups attached to an aromatic ring is 1. The summed E-state index contributed by atoms with van der Waals surface area (Å²) in [5.41, 5.74) is 6.26. The SMILES string of the molecule is C=CNC(=O)OCCc1csc(N)n1. The summed E-state index contributed by atoms with van der Waals surface area (Å²) in [6.45, 7) is 3.61. The Balaban J connectivity index is 2.21. The lowest BCUT2D eigenvalue weighted by Crippen LogP contribution is -2.19. The Morgan fingerprint density at radius 2 is 2.64 bits per heavy atom. The fourth-order valence-corrected chi connectivity index (χ4v) is 1.41. The number of anilines is 1. The molecule has 0 spiro atoms. The fraction of sp³-hybridized carbons (Fsp3) is 0.250. The highest BCUT2D eigenvalue weighted by Crippen LogP contribution is 2.11. The number of nitrogens with zero attached hydrogens (tertiary/aromatic N) is 1. The van der Waals surface area contributed by atoms with E-state index in [1.54, 1.807) is 0 Å². The van der Waals surface area contributed by atoms with E-state index < -0.39 is 6.09 Å². The van der Waals surface area contributed by atoms with Gasteiger partial charge in [-0.05, 0) is 6.20 Å². The van der Waals surface area contributed by atoms with E-state index in [0.717, 1.165) is 5.69 Å². The minimum atomic E-state index is -0.511. The maximum atomic E-state index is 10.8. The van der Waals surface area contributed by atoms with E-state index in [4.69, 9.17) is 10.5 Å². The number of aromatic nitrogens is 1. The molecule has 0 bridgehead atoms. The number of carbonyl (C=O) groups excluding carboxylic acids is 1. The van der Waals surface area contributed by atoms with Crippen molar-refractivity contribution in [2.24, 2.45) is 0 Å². The molecule has 6 heteroatoms. The van der Waals surface area contributed by atoms with Crippen LogP contribution in [0.2, 0.25) is 0 Å². The molecule has 1 aromatic rings. The molecule has 0 aliphatic rings. The van der Waals surface area contributed by atoms with E-state index in [1.807, 2.05) is 5.38 Å². The summed E-state index contributed by atoms with van der Waals surface area (Å²) in [5, 5.41) is 4.66. The quantitative estimate of drug-likeness (QED) is 0.786. The molecule has 1 rings (SSSR count). The van der Waals surface area contributed by atoms with Gasteiger partial charge in [0, 0.05) is 11.8 Å². The minimum absolute atomic E-state index is 0.281. The molecule has 0 saturated carbocycles. The Hall–Kier alpha value is -1.56. The summed E-state index contributed by atoms with van der Waals surface area (Å²) in [6, 6.07) is 0. The normalized spacial score (nSPS) is 9.43. The first-order valence-electron chi connectivity index (χ1n) is 3.96. The number of nitrogens with one attached hydrogen (secondary N) is 1. The number of alkyl carbamates (subject to hydrolysis) is 1. The Labute approximate surface area is 85.6 Å². The van der Waals surface area contributed by atoms with Crippen LogP contribution in [0.25, 0.3) is 0 Å².